The first-order valence-corrected chi connectivity index (χ1v) is 3.76. The summed E-state index contributed by atoms with van der Waals surface area (Å²) < 4.78 is 0. The van der Waals surface area contributed by atoms with Gasteiger partial charge < -0.3 is 5.73 Å². The highest BCUT2D eigenvalue weighted by atomic mass is 35.5. The highest BCUT2D eigenvalue weighted by Gasteiger charge is 2.16. The summed E-state index contributed by atoms with van der Waals surface area (Å²) in [6.07, 6.45) is 2.70. The lowest BCUT2D eigenvalue weighted by Gasteiger charge is -1.98. The van der Waals surface area contributed by atoms with E-state index in [2.05, 4.69) is 4.98 Å². The molecule has 0 atom stereocenters. The SMILES string of the molecule is Nc1ccnc(C=CCl)c1[N+](=O)[O-]. The fourth-order valence-electron chi connectivity index (χ4n) is 0.866. The molecule has 0 aliphatic rings. The quantitative estimate of drug-likeness (QED) is 0.581. The van der Waals surface area contributed by atoms with Crippen molar-refractivity contribution in [2.24, 2.45) is 0 Å². The van der Waals surface area contributed by atoms with Crippen molar-refractivity contribution >= 4 is 29.1 Å². The number of aromatic nitrogens is 1. The largest absolute Gasteiger partial charge is 0.393 e. The topological polar surface area (TPSA) is 82.0 Å². The highest BCUT2D eigenvalue weighted by Crippen LogP contribution is 2.24. The Morgan fingerprint density at radius 3 is 2.92 bits per heavy atom. The Labute approximate surface area is 79.0 Å². The smallest absolute Gasteiger partial charge is 0.317 e. The van der Waals surface area contributed by atoms with Crippen LogP contribution in [0, 0.1) is 10.1 Å². The third-order valence-electron chi connectivity index (χ3n) is 1.39. The molecule has 2 N–H and O–H groups in total. The van der Waals surface area contributed by atoms with Gasteiger partial charge in [-0.3, -0.25) is 10.1 Å². The zero-order chi connectivity index (χ0) is 9.84. The molecule has 0 saturated carbocycles. The molecule has 0 spiro atoms. The Morgan fingerprint density at radius 2 is 2.38 bits per heavy atom. The zero-order valence-electron chi connectivity index (χ0n) is 6.48. The molecule has 13 heavy (non-hydrogen) atoms. The van der Waals surface area contributed by atoms with Gasteiger partial charge in [0.05, 0.1) is 4.92 Å². The first kappa shape index (κ1) is 9.47. The third-order valence-corrected chi connectivity index (χ3v) is 1.51. The summed E-state index contributed by atoms with van der Waals surface area (Å²) in [6, 6.07) is 1.36. The van der Waals surface area contributed by atoms with E-state index in [1.165, 1.54) is 18.3 Å². The molecular weight excluding hydrogens is 194 g/mol. The summed E-state index contributed by atoms with van der Waals surface area (Å²) >= 11 is 5.28. The number of nitrogen functional groups attached to an aromatic ring is 1. The van der Waals surface area contributed by atoms with Gasteiger partial charge in [-0.15, -0.1) is 0 Å². The molecule has 0 fully saturated rings. The van der Waals surface area contributed by atoms with E-state index >= 15 is 0 Å². The van der Waals surface area contributed by atoms with Gasteiger partial charge in [-0.25, -0.2) is 4.98 Å². The van der Waals surface area contributed by atoms with Gasteiger partial charge in [0.1, 0.15) is 11.4 Å². The molecule has 6 heteroatoms. The average molecular weight is 200 g/mol. The van der Waals surface area contributed by atoms with E-state index < -0.39 is 4.92 Å². The predicted molar refractivity (Wildman–Crippen MR) is 50.2 cm³/mol. The van der Waals surface area contributed by atoms with Crippen LogP contribution < -0.4 is 5.73 Å². The molecule has 0 bridgehead atoms. The van der Waals surface area contributed by atoms with Crippen LogP contribution in [-0.2, 0) is 0 Å². The van der Waals surface area contributed by atoms with Gasteiger partial charge in [-0.2, -0.15) is 0 Å². The third kappa shape index (κ3) is 1.94. The summed E-state index contributed by atoms with van der Waals surface area (Å²) in [5, 5.41) is 10.5. The molecule has 0 amide bonds. The van der Waals surface area contributed by atoms with E-state index in [-0.39, 0.29) is 17.1 Å². The number of halogens is 1. The second kappa shape index (κ2) is 3.86. The number of anilines is 1. The van der Waals surface area contributed by atoms with Crippen LogP contribution in [-0.4, -0.2) is 9.91 Å². The Morgan fingerprint density at radius 1 is 1.69 bits per heavy atom. The lowest BCUT2D eigenvalue weighted by molar-refractivity contribution is -0.384. The number of nitro groups is 1. The predicted octanol–water partition coefficient (Wildman–Crippen LogP) is 1.78. The number of hydrogen-bond acceptors (Lipinski definition) is 4. The van der Waals surface area contributed by atoms with Crippen molar-refractivity contribution in [3.63, 3.8) is 0 Å². The molecule has 0 aliphatic carbocycles. The molecule has 0 aromatic carbocycles. The Balaban J connectivity index is 3.34. The van der Waals surface area contributed by atoms with Crippen molar-refractivity contribution in [1.82, 2.24) is 4.98 Å². The average Bonchev–Trinajstić information content (AvgIpc) is 2.04. The molecule has 0 unspecified atom stereocenters. The summed E-state index contributed by atoms with van der Waals surface area (Å²) in [5.74, 6) is 0. The maximum absolute atomic E-state index is 10.5. The van der Waals surface area contributed by atoms with Crippen molar-refractivity contribution < 1.29 is 4.92 Å². The Kier molecular flexibility index (Phi) is 2.81. The number of rotatable bonds is 2. The van der Waals surface area contributed by atoms with Crippen LogP contribution in [0.15, 0.2) is 17.8 Å². The van der Waals surface area contributed by atoms with Crippen LogP contribution in [0.4, 0.5) is 11.4 Å². The number of pyridine rings is 1. The van der Waals surface area contributed by atoms with E-state index in [4.69, 9.17) is 17.3 Å². The van der Waals surface area contributed by atoms with Gasteiger partial charge in [-0.1, -0.05) is 11.6 Å². The van der Waals surface area contributed by atoms with Crippen LogP contribution in [0.3, 0.4) is 0 Å². The summed E-state index contributed by atoms with van der Waals surface area (Å²) in [5.41, 5.74) is 6.55. The number of nitrogens with two attached hydrogens (primary N) is 1. The second-order valence-corrected chi connectivity index (χ2v) is 2.44. The van der Waals surface area contributed by atoms with Gasteiger partial charge >= 0.3 is 5.69 Å². The van der Waals surface area contributed by atoms with Crippen molar-refractivity contribution in [2.75, 3.05) is 5.73 Å². The molecule has 1 aromatic rings. The lowest BCUT2D eigenvalue weighted by Crippen LogP contribution is -1.99. The zero-order valence-corrected chi connectivity index (χ0v) is 7.23. The van der Waals surface area contributed by atoms with Crippen LogP contribution >= 0.6 is 11.6 Å². The minimum atomic E-state index is -0.589. The van der Waals surface area contributed by atoms with Crippen LogP contribution in [0.5, 0.6) is 0 Å². The van der Waals surface area contributed by atoms with Crippen molar-refractivity contribution in [1.29, 1.82) is 0 Å². The monoisotopic (exact) mass is 199 g/mol. The van der Waals surface area contributed by atoms with Crippen LogP contribution in [0.2, 0.25) is 0 Å². The second-order valence-electron chi connectivity index (χ2n) is 2.18. The van der Waals surface area contributed by atoms with Crippen molar-refractivity contribution in [3.8, 4) is 0 Å². The van der Waals surface area contributed by atoms with Gasteiger partial charge in [0.15, 0.2) is 0 Å². The molecule has 0 aliphatic heterocycles. The van der Waals surface area contributed by atoms with Gasteiger partial charge in [0.25, 0.3) is 0 Å². The number of hydrogen-bond donors (Lipinski definition) is 1. The highest BCUT2D eigenvalue weighted by molar-refractivity contribution is 6.27. The maximum atomic E-state index is 10.5. The first-order valence-electron chi connectivity index (χ1n) is 3.32. The molecule has 5 nitrogen and oxygen atoms in total. The maximum Gasteiger partial charge on any atom is 0.317 e. The minimum absolute atomic E-state index is 0.0739. The Hall–Kier alpha value is -1.62. The summed E-state index contributed by atoms with van der Waals surface area (Å²) in [4.78, 5) is 13.7. The molecule has 1 aromatic heterocycles. The first-order chi connectivity index (χ1) is 6.16. The van der Waals surface area contributed by atoms with Crippen LogP contribution in [0.1, 0.15) is 5.69 Å². The molecular formula is C7H6ClN3O2. The minimum Gasteiger partial charge on any atom is -0.393 e. The van der Waals surface area contributed by atoms with E-state index in [1.54, 1.807) is 0 Å². The molecule has 1 rings (SSSR count). The Bertz CT molecular complexity index is 365. The van der Waals surface area contributed by atoms with Gasteiger partial charge in [0, 0.05) is 11.7 Å². The molecule has 0 saturated heterocycles. The summed E-state index contributed by atoms with van der Waals surface area (Å²) in [7, 11) is 0. The fourth-order valence-corrected chi connectivity index (χ4v) is 0.986. The molecule has 68 valence electrons. The lowest BCUT2D eigenvalue weighted by atomic mass is 10.2. The van der Waals surface area contributed by atoms with E-state index in [0.717, 1.165) is 5.54 Å². The normalized spacial score (nSPS) is 10.5. The molecule has 0 radical (unpaired) electrons. The van der Waals surface area contributed by atoms with Crippen molar-refractivity contribution in [3.05, 3.63) is 33.6 Å². The van der Waals surface area contributed by atoms with Gasteiger partial charge in [-0.05, 0) is 12.1 Å². The number of nitrogens with zero attached hydrogens (tertiary/aromatic N) is 2. The van der Waals surface area contributed by atoms with Crippen LogP contribution in [0.25, 0.3) is 6.08 Å². The standard InChI is InChI=1S/C7H6ClN3O2/c8-3-1-6-7(11(12)13)5(9)2-4-10-6/h1-4H,(H2,9,10). The molecule has 1 heterocycles. The van der Waals surface area contributed by atoms with Gasteiger partial charge in [0.2, 0.25) is 0 Å². The fraction of sp³-hybridized carbons (Fsp3) is 0. The van der Waals surface area contributed by atoms with Crippen molar-refractivity contribution in [2.45, 2.75) is 0 Å². The van der Waals surface area contributed by atoms with E-state index in [0.29, 0.717) is 0 Å². The summed E-state index contributed by atoms with van der Waals surface area (Å²) in [6.45, 7) is 0. The van der Waals surface area contributed by atoms with E-state index in [9.17, 15) is 10.1 Å². The van der Waals surface area contributed by atoms with E-state index in [1.807, 2.05) is 0 Å².